The monoisotopic (exact) mass is 658 g/mol. The minimum atomic E-state index is -4.45. The van der Waals surface area contributed by atoms with Crippen LogP contribution in [0.4, 0.5) is 0 Å². The maximum atomic E-state index is 5.98. The van der Waals surface area contributed by atoms with E-state index in [9.17, 15) is 0 Å². The fourth-order valence-corrected chi connectivity index (χ4v) is 123. The van der Waals surface area contributed by atoms with Gasteiger partial charge in [-0.2, -0.15) is 0 Å². The summed E-state index contributed by atoms with van der Waals surface area (Å²) in [4.78, 5) is 6.72. The van der Waals surface area contributed by atoms with Gasteiger partial charge in [-0.1, -0.05) is 0 Å². The molecule has 43 heavy (non-hydrogen) atoms. The van der Waals surface area contributed by atoms with E-state index in [1.165, 1.54) is 22.3 Å². The molecule has 2 aromatic carbocycles. The molecule has 10 heterocycles. The van der Waals surface area contributed by atoms with Gasteiger partial charge in [0.25, 0.3) is 0 Å². The Kier molecular flexibility index (Phi) is 2.22. The van der Waals surface area contributed by atoms with E-state index in [0.717, 1.165) is 46.1 Å². The predicted molar refractivity (Wildman–Crippen MR) is 182 cm³/mol. The van der Waals surface area contributed by atoms with E-state index in [1.54, 1.807) is 11.1 Å². The van der Waals surface area contributed by atoms with Gasteiger partial charge in [-0.15, -0.1) is 0 Å². The van der Waals surface area contributed by atoms with Crippen molar-refractivity contribution in [2.24, 2.45) is 0 Å². The molecule has 10 saturated heterocycles. The summed E-state index contributed by atoms with van der Waals surface area (Å²) >= 11 is 0. The molecule has 0 N–H and O–H groups in total. The third kappa shape index (κ3) is 0.612. The van der Waals surface area contributed by atoms with Gasteiger partial charge in [0.15, 0.2) is 0 Å². The average molecular weight is 659 g/mol. The van der Waals surface area contributed by atoms with Gasteiger partial charge in [-0.3, -0.25) is 0 Å². The maximum absolute atomic E-state index is 5.98. The topological polar surface area (TPSA) is 18.5 Å². The first-order valence-electron chi connectivity index (χ1n) is 16.8. The molecule has 0 aliphatic carbocycles. The predicted octanol–water partition coefficient (Wildman–Crippen LogP) is 10.5. The van der Waals surface area contributed by atoms with Crippen molar-refractivity contribution in [2.45, 2.75) is 138 Å². The van der Waals surface area contributed by atoms with Crippen molar-refractivity contribution >= 4 is 17.2 Å². The van der Waals surface area contributed by atoms with E-state index < -0.39 is 6.51 Å². The molecule has 0 aromatic heterocycles. The zero-order valence-electron chi connectivity index (χ0n) is 28.5. The summed E-state index contributed by atoms with van der Waals surface area (Å²) in [5, 5.41) is 0.715. The zero-order chi connectivity index (χ0) is 30.8. The Balaban J connectivity index is 1.23. The second-order valence-corrected chi connectivity index (χ2v) is 48.9. The summed E-state index contributed by atoms with van der Waals surface area (Å²) in [5.74, 6) is 2.21. The van der Waals surface area contributed by atoms with Gasteiger partial charge in [-0.05, 0) is 0 Å². The van der Waals surface area contributed by atoms with Crippen molar-refractivity contribution in [3.05, 3.63) is 57.6 Å². The molecule has 5 heteroatoms. The normalized spacial score (nSPS) is 61.1. The number of methoxy groups -OCH3 is 2. The number of benzene rings is 2. The average Bonchev–Trinajstić information content (AvgIpc) is 3.82. The molecule has 0 radical (unpaired) electrons. The second kappa shape index (κ2) is 3.75. The van der Waals surface area contributed by atoms with Crippen LogP contribution in [0.5, 0.6) is 11.5 Å². The molecular weight excluding hydrogens is 606 g/mol. The van der Waals surface area contributed by atoms with Gasteiger partial charge < -0.3 is 0 Å². The molecule has 2 nitrogen and oxygen atoms in total. The Hall–Kier alpha value is -0.581. The Morgan fingerprint density at radius 1 is 0.721 bits per heavy atom. The van der Waals surface area contributed by atoms with Gasteiger partial charge in [0, 0.05) is 0 Å². The quantitative estimate of drug-likeness (QED) is 0.227. The molecule has 2 aromatic rings. The molecule has 10 aliphatic heterocycles. The standard InChI is InChI=1S/C33H47O2P2.C5H5.Fe/c1-19-14-24(15-20(2)29(19)34-12)27-18-26(23(5)37(32(6,7)8)33(9,10)11)31(36)28(27)25-16-21(3)30(35-13)22(4)17-25;1-2-4-5-3-1;/h14-18,23H,36H2,1-13H3;1-5H;. The Labute approximate surface area is 253 Å². The van der Waals surface area contributed by atoms with Gasteiger partial charge in [0.1, 0.15) is 0 Å². The fourth-order valence-electron chi connectivity index (χ4n) is 25.8. The van der Waals surface area contributed by atoms with E-state index in [4.69, 9.17) is 9.47 Å². The van der Waals surface area contributed by atoms with E-state index in [0.29, 0.717) is 27.3 Å². The molecular formula is C38H52FeO2P2. The van der Waals surface area contributed by atoms with E-state index in [2.05, 4.69) is 110 Å². The van der Waals surface area contributed by atoms with Crippen LogP contribution in [0.25, 0.3) is 0 Å². The first kappa shape index (κ1) is 25.5. The number of aryl methyl sites for hydroxylation is 4. The SMILES string of the molecule is COc1c(C)cc([C]23[CH]4[C@]5(C(C)P(C(C)(C)C)C(C)(C)C)[C]6(P)[C]2(c2cc(C)c(OC)c(C)c2)[Fe]43652789[CH]3[CH]2[CH]7[CH]8[CH]39)cc1C. The number of fused-ring (bicyclic) bond motifs is 10. The van der Waals surface area contributed by atoms with E-state index in [-0.39, 0.29) is 7.92 Å². The molecule has 7 atom stereocenters. The second-order valence-electron chi connectivity index (χ2n) is 20.7. The van der Waals surface area contributed by atoms with Crippen LogP contribution in [0.1, 0.15) is 81.8 Å². The molecule has 0 saturated carbocycles. The van der Waals surface area contributed by atoms with Crippen LogP contribution < -0.4 is 9.47 Å². The minimum absolute atomic E-state index is 0.183. The summed E-state index contributed by atoms with van der Waals surface area (Å²) in [6.07, 6.45) is 0. The third-order valence-electron chi connectivity index (χ3n) is 22.0. The van der Waals surface area contributed by atoms with Crippen molar-refractivity contribution < 1.29 is 16.0 Å². The van der Waals surface area contributed by atoms with Crippen molar-refractivity contribution in [2.75, 3.05) is 14.2 Å². The summed E-state index contributed by atoms with van der Waals surface area (Å²) in [7, 11) is 7.48. The summed E-state index contributed by atoms with van der Waals surface area (Å²) in [6, 6.07) is 10.7. The van der Waals surface area contributed by atoms with Gasteiger partial charge in [-0.25, -0.2) is 0 Å². The van der Waals surface area contributed by atoms with Gasteiger partial charge in [0.2, 0.25) is 0 Å². The molecule has 6 unspecified atom stereocenters. The van der Waals surface area contributed by atoms with Gasteiger partial charge >= 0.3 is 255 Å². The Morgan fingerprint density at radius 3 is 1.42 bits per heavy atom. The van der Waals surface area contributed by atoms with Crippen LogP contribution in [-0.4, -0.2) is 34.2 Å². The number of ether oxygens (including phenoxy) is 2. The summed E-state index contributed by atoms with van der Waals surface area (Å²) in [6.45, 7) is 23.2. The van der Waals surface area contributed by atoms with E-state index >= 15 is 0 Å². The third-order valence-corrected chi connectivity index (χ3v) is 76.0. The van der Waals surface area contributed by atoms with Crippen molar-refractivity contribution in [3.8, 4) is 11.5 Å². The molecule has 234 valence electrons. The van der Waals surface area contributed by atoms with Crippen LogP contribution in [0.2, 0.25) is 33.2 Å². The molecule has 0 amide bonds. The van der Waals surface area contributed by atoms with Crippen molar-refractivity contribution in [1.82, 2.24) is 0 Å². The van der Waals surface area contributed by atoms with Crippen LogP contribution in [0.15, 0.2) is 24.3 Å². The molecule has 10 fully saturated rings. The number of hydrogen-bond acceptors (Lipinski definition) is 2. The van der Waals surface area contributed by atoms with Crippen LogP contribution in [-0.2, 0) is 15.1 Å². The fraction of sp³-hybridized carbons (Fsp3) is 0.684. The summed E-state index contributed by atoms with van der Waals surface area (Å²) in [5.41, 5.74) is 9.82. The molecule has 1 spiro atoms. The number of rotatable bonds is 6. The van der Waals surface area contributed by atoms with Crippen LogP contribution in [0.3, 0.4) is 0 Å². The van der Waals surface area contributed by atoms with Crippen LogP contribution in [0, 0.1) is 27.7 Å². The molecule has 10 aliphatic rings. The molecule has 12 rings (SSSR count). The number of hydrogen-bond donors (Lipinski definition) is 0. The first-order chi connectivity index (χ1) is 19.7. The molecule has 0 bridgehead atoms. The zero-order valence-corrected chi connectivity index (χ0v) is 31.7. The van der Waals surface area contributed by atoms with Crippen molar-refractivity contribution in [3.63, 3.8) is 0 Å². The Bertz CT molecular complexity index is 2160. The van der Waals surface area contributed by atoms with Gasteiger partial charge in [0.05, 0.1) is 0 Å². The van der Waals surface area contributed by atoms with E-state index in [1.807, 2.05) is 14.2 Å². The van der Waals surface area contributed by atoms with Crippen molar-refractivity contribution in [1.29, 1.82) is 0 Å². The first-order valence-corrected chi connectivity index (χ1v) is 24.8. The summed E-state index contributed by atoms with van der Waals surface area (Å²) < 4.78 is 14.0. The Morgan fingerprint density at radius 2 is 1.09 bits per heavy atom. The van der Waals surface area contributed by atoms with Crippen LogP contribution >= 0.6 is 17.2 Å².